The highest BCUT2D eigenvalue weighted by atomic mass is 35.5. The van der Waals surface area contributed by atoms with E-state index in [0.717, 1.165) is 19.4 Å². The van der Waals surface area contributed by atoms with E-state index in [1.54, 1.807) is 18.2 Å². The van der Waals surface area contributed by atoms with E-state index < -0.39 is 0 Å². The van der Waals surface area contributed by atoms with Crippen molar-refractivity contribution in [2.24, 2.45) is 0 Å². The van der Waals surface area contributed by atoms with Crippen molar-refractivity contribution in [2.45, 2.75) is 25.4 Å². The molecule has 0 aliphatic carbocycles. The molecule has 0 radical (unpaired) electrons. The minimum atomic E-state index is 0.162. The first-order valence-electron chi connectivity index (χ1n) is 5.73. The first-order valence-corrected chi connectivity index (χ1v) is 6.11. The molecule has 3 nitrogen and oxygen atoms in total. The molecule has 1 aliphatic rings. The van der Waals surface area contributed by atoms with E-state index in [1.165, 1.54) is 6.42 Å². The average Bonchev–Trinajstić information content (AvgIpc) is 2.38. The summed E-state index contributed by atoms with van der Waals surface area (Å²) >= 11 is 6.01. The average molecular weight is 252 g/mol. The summed E-state index contributed by atoms with van der Waals surface area (Å²) in [5, 5.41) is 9.19. The van der Waals surface area contributed by atoms with Crippen molar-refractivity contribution < 1.29 is 9.47 Å². The number of nitriles is 1. The molecule has 1 heterocycles. The zero-order chi connectivity index (χ0) is 12.1. The second kappa shape index (κ2) is 5.90. The van der Waals surface area contributed by atoms with Gasteiger partial charge < -0.3 is 9.47 Å². The lowest BCUT2D eigenvalue weighted by atomic mass is 10.1. The van der Waals surface area contributed by atoms with Gasteiger partial charge in [-0.25, -0.2) is 0 Å². The normalized spacial score (nSPS) is 19.6. The van der Waals surface area contributed by atoms with Gasteiger partial charge in [0.2, 0.25) is 0 Å². The summed E-state index contributed by atoms with van der Waals surface area (Å²) in [7, 11) is 0. The van der Waals surface area contributed by atoms with Gasteiger partial charge in [-0.2, -0.15) is 5.26 Å². The molecule has 0 bridgehead atoms. The fraction of sp³-hybridized carbons (Fsp3) is 0.462. The van der Waals surface area contributed by atoms with Crippen molar-refractivity contribution in [3.05, 3.63) is 28.8 Å². The molecule has 0 saturated carbocycles. The Morgan fingerprint density at radius 1 is 1.47 bits per heavy atom. The van der Waals surface area contributed by atoms with Crippen LogP contribution in [0.15, 0.2) is 18.2 Å². The first kappa shape index (κ1) is 12.2. The largest absolute Gasteiger partial charge is 0.489 e. The standard InChI is InChI=1S/C13H14ClNO2/c14-12-7-10(8-15)4-5-13(12)17-9-11-3-1-2-6-16-11/h4-5,7,11H,1-3,6,9H2. The molecule has 1 fully saturated rings. The van der Waals surface area contributed by atoms with Crippen molar-refractivity contribution in [1.82, 2.24) is 0 Å². The maximum Gasteiger partial charge on any atom is 0.138 e. The molecule has 2 rings (SSSR count). The number of hydrogen-bond donors (Lipinski definition) is 0. The van der Waals surface area contributed by atoms with Gasteiger partial charge in [0.25, 0.3) is 0 Å². The van der Waals surface area contributed by atoms with Crippen LogP contribution in [0.1, 0.15) is 24.8 Å². The van der Waals surface area contributed by atoms with Crippen LogP contribution in [0.5, 0.6) is 5.75 Å². The van der Waals surface area contributed by atoms with Crippen molar-refractivity contribution >= 4 is 11.6 Å². The Labute approximate surface area is 106 Å². The van der Waals surface area contributed by atoms with Crippen LogP contribution < -0.4 is 4.74 Å². The molecule has 0 spiro atoms. The van der Waals surface area contributed by atoms with Gasteiger partial charge in [0, 0.05) is 6.61 Å². The molecule has 0 amide bonds. The minimum Gasteiger partial charge on any atom is -0.489 e. The third-order valence-electron chi connectivity index (χ3n) is 2.76. The summed E-state index contributed by atoms with van der Waals surface area (Å²) in [6, 6.07) is 7.07. The van der Waals surface area contributed by atoms with Gasteiger partial charge in [0.15, 0.2) is 0 Å². The molecule has 4 heteroatoms. The maximum atomic E-state index is 8.72. The lowest BCUT2D eigenvalue weighted by Gasteiger charge is -2.22. The van der Waals surface area contributed by atoms with Crippen LogP contribution in [0.4, 0.5) is 0 Å². The summed E-state index contributed by atoms with van der Waals surface area (Å²) in [6.07, 6.45) is 3.52. The minimum absolute atomic E-state index is 0.162. The van der Waals surface area contributed by atoms with Crippen LogP contribution in [0, 0.1) is 11.3 Å². The van der Waals surface area contributed by atoms with Crippen molar-refractivity contribution in [1.29, 1.82) is 5.26 Å². The molecule has 1 unspecified atom stereocenters. The van der Waals surface area contributed by atoms with E-state index in [2.05, 4.69) is 0 Å². The third kappa shape index (κ3) is 3.36. The first-order chi connectivity index (χ1) is 8.29. The van der Waals surface area contributed by atoms with Crippen molar-refractivity contribution in [3.8, 4) is 11.8 Å². The van der Waals surface area contributed by atoms with E-state index in [9.17, 15) is 0 Å². The van der Waals surface area contributed by atoms with Crippen LogP contribution in [-0.2, 0) is 4.74 Å². The molecule has 0 N–H and O–H groups in total. The number of halogens is 1. The van der Waals surface area contributed by atoms with Crippen molar-refractivity contribution in [3.63, 3.8) is 0 Å². The Hall–Kier alpha value is -1.24. The topological polar surface area (TPSA) is 42.2 Å². The van der Waals surface area contributed by atoms with Gasteiger partial charge in [0.1, 0.15) is 12.4 Å². The lowest BCUT2D eigenvalue weighted by Crippen LogP contribution is -2.25. The SMILES string of the molecule is N#Cc1ccc(OCC2CCCCO2)c(Cl)c1. The second-order valence-electron chi connectivity index (χ2n) is 4.06. The highest BCUT2D eigenvalue weighted by molar-refractivity contribution is 6.32. The smallest absolute Gasteiger partial charge is 0.138 e. The monoisotopic (exact) mass is 251 g/mol. The van der Waals surface area contributed by atoms with Crippen LogP contribution in [0.2, 0.25) is 5.02 Å². The van der Waals surface area contributed by atoms with Gasteiger partial charge >= 0.3 is 0 Å². The predicted octanol–water partition coefficient (Wildman–Crippen LogP) is 3.16. The number of hydrogen-bond acceptors (Lipinski definition) is 3. The quantitative estimate of drug-likeness (QED) is 0.829. The highest BCUT2D eigenvalue weighted by Gasteiger charge is 2.15. The van der Waals surface area contributed by atoms with Gasteiger partial charge in [0.05, 0.1) is 22.8 Å². The lowest BCUT2D eigenvalue weighted by molar-refractivity contribution is -0.0110. The van der Waals surface area contributed by atoms with E-state index in [4.69, 9.17) is 26.3 Å². The van der Waals surface area contributed by atoms with Gasteiger partial charge in [-0.15, -0.1) is 0 Å². The summed E-state index contributed by atoms with van der Waals surface area (Å²) in [4.78, 5) is 0. The zero-order valence-corrected chi connectivity index (χ0v) is 10.2. The van der Waals surface area contributed by atoms with Gasteiger partial charge in [-0.3, -0.25) is 0 Å². The Morgan fingerprint density at radius 2 is 2.35 bits per heavy atom. The van der Waals surface area contributed by atoms with Gasteiger partial charge in [-0.05, 0) is 37.5 Å². The number of rotatable bonds is 3. The number of benzene rings is 1. The molecule has 90 valence electrons. The molecule has 1 atom stereocenters. The van der Waals surface area contributed by atoms with Gasteiger partial charge in [-0.1, -0.05) is 11.6 Å². The number of nitrogens with zero attached hydrogens (tertiary/aromatic N) is 1. The molecule has 0 aromatic heterocycles. The Bertz CT molecular complexity index is 422. The van der Waals surface area contributed by atoms with E-state index in [1.807, 2.05) is 6.07 Å². The molecule has 1 saturated heterocycles. The summed E-state index contributed by atoms with van der Waals surface area (Å²) in [6.45, 7) is 1.33. The number of ether oxygens (including phenoxy) is 2. The third-order valence-corrected chi connectivity index (χ3v) is 3.06. The maximum absolute atomic E-state index is 8.72. The van der Waals surface area contributed by atoms with Crippen LogP contribution in [0.25, 0.3) is 0 Å². The molecule has 17 heavy (non-hydrogen) atoms. The van der Waals surface area contributed by atoms with Crippen LogP contribution in [-0.4, -0.2) is 19.3 Å². The summed E-state index contributed by atoms with van der Waals surface area (Å²) in [5.74, 6) is 0.611. The molecule has 1 aliphatic heterocycles. The Balaban J connectivity index is 1.92. The van der Waals surface area contributed by atoms with E-state index in [0.29, 0.717) is 22.9 Å². The Kier molecular flexibility index (Phi) is 4.24. The van der Waals surface area contributed by atoms with E-state index >= 15 is 0 Å². The second-order valence-corrected chi connectivity index (χ2v) is 4.46. The van der Waals surface area contributed by atoms with E-state index in [-0.39, 0.29) is 6.10 Å². The van der Waals surface area contributed by atoms with Crippen LogP contribution >= 0.6 is 11.6 Å². The fourth-order valence-electron chi connectivity index (χ4n) is 1.81. The molecule has 1 aromatic rings. The molecular weight excluding hydrogens is 238 g/mol. The Morgan fingerprint density at radius 3 is 3.00 bits per heavy atom. The summed E-state index contributed by atoms with van der Waals surface area (Å²) < 4.78 is 11.2. The van der Waals surface area contributed by atoms with Crippen molar-refractivity contribution in [2.75, 3.05) is 13.2 Å². The molecular formula is C13H14ClNO2. The van der Waals surface area contributed by atoms with Crippen LogP contribution in [0.3, 0.4) is 0 Å². The highest BCUT2D eigenvalue weighted by Crippen LogP contribution is 2.26. The fourth-order valence-corrected chi connectivity index (χ4v) is 2.04. The summed E-state index contributed by atoms with van der Waals surface area (Å²) in [5.41, 5.74) is 0.538. The molecule has 1 aromatic carbocycles. The predicted molar refractivity (Wildman–Crippen MR) is 65.3 cm³/mol. The zero-order valence-electron chi connectivity index (χ0n) is 9.49.